The summed E-state index contributed by atoms with van der Waals surface area (Å²) in [5, 5.41) is 16.3. The Hall–Kier alpha value is -2.79. The lowest BCUT2D eigenvalue weighted by Crippen LogP contribution is -1.99. The Morgan fingerprint density at radius 2 is 1.92 bits per heavy atom. The van der Waals surface area contributed by atoms with Crippen molar-refractivity contribution in [3.63, 3.8) is 0 Å². The molecule has 24 heavy (non-hydrogen) atoms. The predicted octanol–water partition coefficient (Wildman–Crippen LogP) is 4.00. The second-order valence-corrected chi connectivity index (χ2v) is 5.90. The van der Waals surface area contributed by atoms with Gasteiger partial charge >= 0.3 is 0 Å². The van der Waals surface area contributed by atoms with Crippen LogP contribution in [0.5, 0.6) is 11.5 Å². The van der Waals surface area contributed by atoms with Gasteiger partial charge in [-0.15, -0.1) is 0 Å². The van der Waals surface area contributed by atoms with Gasteiger partial charge in [0.05, 0.1) is 19.2 Å². The highest BCUT2D eigenvalue weighted by Gasteiger charge is 2.12. The quantitative estimate of drug-likeness (QED) is 0.573. The Balaban J connectivity index is 1.80. The largest absolute Gasteiger partial charge is 0.508 e. The molecule has 2 aromatic carbocycles. The zero-order valence-corrected chi connectivity index (χ0v) is 13.7. The summed E-state index contributed by atoms with van der Waals surface area (Å²) in [4.78, 5) is 4.35. The number of pyridine rings is 1. The van der Waals surface area contributed by atoms with Crippen molar-refractivity contribution in [2.75, 3.05) is 7.11 Å². The van der Waals surface area contributed by atoms with Gasteiger partial charge in [0.1, 0.15) is 17.0 Å². The molecule has 0 radical (unpaired) electrons. The van der Waals surface area contributed by atoms with Crippen molar-refractivity contribution in [2.45, 2.75) is 6.54 Å². The standard InChI is InChI=1S/C18H14ClN3O2/c1-24-13-5-2-11(3-6-13)9-22-10-15-14-8-12(23)4-7-16(14)20-18(19)17(15)21-22/h2-8,10,23H,9H2,1H3. The lowest BCUT2D eigenvalue weighted by atomic mass is 10.1. The molecule has 0 unspecified atom stereocenters. The zero-order valence-electron chi connectivity index (χ0n) is 12.9. The summed E-state index contributed by atoms with van der Waals surface area (Å²) in [6.07, 6.45) is 1.93. The molecule has 0 aliphatic heterocycles. The number of nitrogens with zero attached hydrogens (tertiary/aromatic N) is 3. The number of rotatable bonds is 3. The number of halogens is 1. The molecule has 0 saturated heterocycles. The maximum absolute atomic E-state index is 9.75. The smallest absolute Gasteiger partial charge is 0.157 e. The normalized spacial score (nSPS) is 11.2. The molecule has 0 atom stereocenters. The van der Waals surface area contributed by atoms with Crippen molar-refractivity contribution >= 4 is 33.4 Å². The van der Waals surface area contributed by atoms with Crippen LogP contribution in [0.4, 0.5) is 0 Å². The third-order valence-electron chi connectivity index (χ3n) is 3.95. The lowest BCUT2D eigenvalue weighted by molar-refractivity contribution is 0.414. The van der Waals surface area contributed by atoms with E-state index in [2.05, 4.69) is 10.1 Å². The van der Waals surface area contributed by atoms with E-state index >= 15 is 0 Å². The maximum atomic E-state index is 9.75. The molecule has 4 aromatic rings. The fourth-order valence-corrected chi connectivity index (χ4v) is 3.00. The van der Waals surface area contributed by atoms with E-state index in [0.29, 0.717) is 17.2 Å². The molecule has 4 rings (SSSR count). The Kier molecular flexibility index (Phi) is 3.50. The highest BCUT2D eigenvalue weighted by atomic mass is 35.5. The van der Waals surface area contributed by atoms with E-state index in [1.807, 2.05) is 35.1 Å². The second-order valence-electron chi connectivity index (χ2n) is 5.54. The van der Waals surface area contributed by atoms with Crippen LogP contribution in [-0.2, 0) is 6.54 Å². The zero-order chi connectivity index (χ0) is 16.7. The SMILES string of the molecule is COc1ccc(Cn2cc3c(n2)c(Cl)nc2ccc(O)cc23)cc1. The van der Waals surface area contributed by atoms with Crippen LogP contribution in [0.15, 0.2) is 48.7 Å². The maximum Gasteiger partial charge on any atom is 0.157 e. The first-order valence-electron chi connectivity index (χ1n) is 7.42. The van der Waals surface area contributed by atoms with Crippen LogP contribution in [0, 0.1) is 0 Å². The number of fused-ring (bicyclic) bond motifs is 3. The van der Waals surface area contributed by atoms with Gasteiger partial charge in [-0.3, -0.25) is 4.68 Å². The van der Waals surface area contributed by atoms with Crippen LogP contribution >= 0.6 is 11.6 Å². The van der Waals surface area contributed by atoms with E-state index in [1.54, 1.807) is 25.3 Å². The third kappa shape index (κ3) is 2.53. The molecular formula is C18H14ClN3O2. The molecule has 6 heteroatoms. The van der Waals surface area contributed by atoms with Gasteiger partial charge in [-0.2, -0.15) is 5.10 Å². The van der Waals surface area contributed by atoms with Crippen LogP contribution in [0.25, 0.3) is 21.8 Å². The van der Waals surface area contributed by atoms with Crippen molar-refractivity contribution in [1.29, 1.82) is 0 Å². The average molecular weight is 340 g/mol. The Morgan fingerprint density at radius 3 is 2.67 bits per heavy atom. The molecule has 0 aliphatic rings. The predicted molar refractivity (Wildman–Crippen MR) is 93.8 cm³/mol. The van der Waals surface area contributed by atoms with Crippen LogP contribution in [0.2, 0.25) is 5.15 Å². The first-order chi connectivity index (χ1) is 11.6. The van der Waals surface area contributed by atoms with Gasteiger partial charge in [0.25, 0.3) is 0 Å². The molecule has 0 bridgehead atoms. The number of methoxy groups -OCH3 is 1. The van der Waals surface area contributed by atoms with Crippen molar-refractivity contribution in [1.82, 2.24) is 14.8 Å². The van der Waals surface area contributed by atoms with Crippen molar-refractivity contribution in [3.8, 4) is 11.5 Å². The summed E-state index contributed by atoms with van der Waals surface area (Å²) < 4.78 is 6.99. The van der Waals surface area contributed by atoms with Gasteiger partial charge in [-0.1, -0.05) is 23.7 Å². The summed E-state index contributed by atoms with van der Waals surface area (Å²) in [6.45, 7) is 0.606. The van der Waals surface area contributed by atoms with Crippen molar-refractivity contribution in [2.24, 2.45) is 0 Å². The number of ether oxygens (including phenoxy) is 1. The number of hydrogen-bond acceptors (Lipinski definition) is 4. The fraction of sp³-hybridized carbons (Fsp3) is 0.111. The minimum atomic E-state index is 0.191. The highest BCUT2D eigenvalue weighted by molar-refractivity contribution is 6.35. The number of hydrogen-bond donors (Lipinski definition) is 1. The molecule has 2 heterocycles. The molecule has 120 valence electrons. The number of phenolic OH excluding ortho intramolecular Hbond substituents is 1. The number of benzene rings is 2. The lowest BCUT2D eigenvalue weighted by Gasteiger charge is -2.03. The summed E-state index contributed by atoms with van der Waals surface area (Å²) in [7, 11) is 1.64. The summed E-state index contributed by atoms with van der Waals surface area (Å²) >= 11 is 6.27. The van der Waals surface area contributed by atoms with Crippen LogP contribution < -0.4 is 4.74 Å². The van der Waals surface area contributed by atoms with E-state index in [9.17, 15) is 5.11 Å². The van der Waals surface area contributed by atoms with Gasteiger partial charge < -0.3 is 9.84 Å². The monoisotopic (exact) mass is 339 g/mol. The Labute approximate surface area is 143 Å². The fourth-order valence-electron chi connectivity index (χ4n) is 2.77. The molecule has 0 fully saturated rings. The molecule has 0 amide bonds. The molecular weight excluding hydrogens is 326 g/mol. The summed E-state index contributed by atoms with van der Waals surface area (Å²) in [5.74, 6) is 1.01. The summed E-state index contributed by atoms with van der Waals surface area (Å²) in [5.41, 5.74) is 2.46. The molecule has 0 saturated carbocycles. The summed E-state index contributed by atoms with van der Waals surface area (Å²) in [6, 6.07) is 12.8. The first kappa shape index (κ1) is 14.8. The van der Waals surface area contributed by atoms with E-state index in [0.717, 1.165) is 27.6 Å². The molecule has 2 aromatic heterocycles. The van der Waals surface area contributed by atoms with Gasteiger partial charge in [-0.25, -0.2) is 4.98 Å². The van der Waals surface area contributed by atoms with E-state index in [1.165, 1.54) is 0 Å². The topological polar surface area (TPSA) is 60.2 Å². The van der Waals surface area contributed by atoms with E-state index < -0.39 is 0 Å². The second kappa shape index (κ2) is 5.69. The van der Waals surface area contributed by atoms with Gasteiger partial charge in [-0.05, 0) is 35.9 Å². The van der Waals surface area contributed by atoms with Gasteiger partial charge in [0.15, 0.2) is 5.15 Å². The third-order valence-corrected chi connectivity index (χ3v) is 4.21. The van der Waals surface area contributed by atoms with Gasteiger partial charge in [0.2, 0.25) is 0 Å². The Morgan fingerprint density at radius 1 is 1.12 bits per heavy atom. The molecule has 0 spiro atoms. The van der Waals surface area contributed by atoms with Crippen LogP contribution in [0.3, 0.4) is 0 Å². The van der Waals surface area contributed by atoms with Gasteiger partial charge in [0, 0.05) is 17.0 Å². The molecule has 5 nitrogen and oxygen atoms in total. The highest BCUT2D eigenvalue weighted by Crippen LogP contribution is 2.30. The number of aromatic nitrogens is 3. The van der Waals surface area contributed by atoms with Crippen molar-refractivity contribution < 1.29 is 9.84 Å². The minimum Gasteiger partial charge on any atom is -0.508 e. The number of phenols is 1. The van der Waals surface area contributed by atoms with Crippen LogP contribution in [-0.4, -0.2) is 27.0 Å². The molecule has 0 aliphatic carbocycles. The average Bonchev–Trinajstić information content (AvgIpc) is 3.01. The first-order valence-corrected chi connectivity index (χ1v) is 7.80. The van der Waals surface area contributed by atoms with Crippen molar-refractivity contribution in [3.05, 3.63) is 59.4 Å². The minimum absolute atomic E-state index is 0.191. The molecule has 1 N–H and O–H groups in total. The number of aromatic hydroxyl groups is 1. The van der Waals surface area contributed by atoms with Crippen LogP contribution in [0.1, 0.15) is 5.56 Å². The van der Waals surface area contributed by atoms with E-state index in [-0.39, 0.29) is 5.75 Å². The van der Waals surface area contributed by atoms with E-state index in [4.69, 9.17) is 16.3 Å². The Bertz CT molecular complexity index is 1040.